The zero-order valence-electron chi connectivity index (χ0n) is 7.03. The molecule has 14 heavy (non-hydrogen) atoms. The van der Waals surface area contributed by atoms with Crippen LogP contribution in [0.2, 0.25) is 0 Å². The van der Waals surface area contributed by atoms with Crippen molar-refractivity contribution in [2.24, 2.45) is 0 Å². The van der Waals surface area contributed by atoms with Crippen molar-refractivity contribution in [3.8, 4) is 0 Å². The fraction of sp³-hybridized carbons (Fsp3) is 0.500. The molecular weight excluding hydrogens is 302 g/mol. The Kier molecular flexibility index (Phi) is 5.72. The smallest absolute Gasteiger partial charge is 0.302 e. The average molecular weight is 311 g/mol. The number of rotatable bonds is 5. The molecule has 10 heteroatoms. The van der Waals surface area contributed by atoms with Gasteiger partial charge in [0.05, 0.1) is 6.61 Å². The zero-order valence-corrected chi connectivity index (χ0v) is 10.4. The topological polar surface area (TPSA) is 113 Å². The van der Waals surface area contributed by atoms with E-state index in [-0.39, 0.29) is 6.61 Å². The summed E-state index contributed by atoms with van der Waals surface area (Å²) in [4.78, 5) is 25.2. The minimum Gasteiger partial charge on any atom is -0.302 e. The molecule has 0 bridgehead atoms. The Balaban J connectivity index is 4.17. The molecule has 0 aromatic rings. The molecule has 84 valence electrons. The summed E-state index contributed by atoms with van der Waals surface area (Å²) in [6.45, 7) is 1.35. The van der Waals surface area contributed by atoms with Crippen LogP contribution in [0.15, 0.2) is 10.6 Å². The van der Waals surface area contributed by atoms with Crippen molar-refractivity contribution in [1.29, 1.82) is 0 Å². The summed E-state index contributed by atoms with van der Waals surface area (Å²) in [6.07, 6.45) is 1.38. The minimum absolute atomic E-state index is 0.301. The van der Waals surface area contributed by atoms with E-state index in [1.54, 1.807) is 6.92 Å². The molecule has 0 rings (SSSR count). The minimum atomic E-state index is -5.02. The predicted molar refractivity (Wildman–Crippen MR) is 51.6 cm³/mol. The molecule has 0 spiro atoms. The van der Waals surface area contributed by atoms with E-state index in [0.29, 0.717) is 4.48 Å². The molecule has 0 fully saturated rings. The first-order valence-electron chi connectivity index (χ1n) is 3.19. The molecule has 0 radical (unpaired) electrons. The standard InChI is InChI=1S/C4H9BrO7P2/c1-4(5)2-3-11-14(9,10)12-13(6,7)8/h2H,3H2,1H3,(H,9,10)(H2,6,7,8)/b4-2-. The molecule has 7 nitrogen and oxygen atoms in total. The summed E-state index contributed by atoms with van der Waals surface area (Å²) < 4.78 is 29.3. The SMILES string of the molecule is C/C(Br)=C/COP(=O)(O)OP(=O)(O)O. The van der Waals surface area contributed by atoms with Crippen molar-refractivity contribution in [3.63, 3.8) is 0 Å². The predicted octanol–water partition coefficient (Wildman–Crippen LogP) is 1.51. The van der Waals surface area contributed by atoms with E-state index < -0.39 is 15.6 Å². The lowest BCUT2D eigenvalue weighted by molar-refractivity contribution is 0.191. The van der Waals surface area contributed by atoms with Crippen LogP contribution in [0.3, 0.4) is 0 Å². The van der Waals surface area contributed by atoms with Crippen molar-refractivity contribution >= 4 is 31.6 Å². The van der Waals surface area contributed by atoms with Crippen molar-refractivity contribution in [1.82, 2.24) is 0 Å². The maximum Gasteiger partial charge on any atom is 0.481 e. The molecule has 0 saturated heterocycles. The Labute approximate surface area is 88.7 Å². The lowest BCUT2D eigenvalue weighted by Gasteiger charge is -2.10. The lowest BCUT2D eigenvalue weighted by Crippen LogP contribution is -1.93. The van der Waals surface area contributed by atoms with Crippen molar-refractivity contribution < 1.29 is 32.6 Å². The number of allylic oxidation sites excluding steroid dienone is 1. The average Bonchev–Trinajstić information content (AvgIpc) is 1.78. The van der Waals surface area contributed by atoms with Gasteiger partial charge in [0.2, 0.25) is 0 Å². The largest absolute Gasteiger partial charge is 0.481 e. The van der Waals surface area contributed by atoms with E-state index >= 15 is 0 Å². The molecule has 0 aromatic heterocycles. The second-order valence-corrected chi connectivity index (χ2v) is 6.21. The highest BCUT2D eigenvalue weighted by Gasteiger charge is 2.31. The molecule has 0 aromatic carbocycles. The van der Waals surface area contributed by atoms with Gasteiger partial charge >= 0.3 is 15.6 Å². The second-order valence-electron chi connectivity index (χ2n) is 2.13. The van der Waals surface area contributed by atoms with E-state index in [0.717, 1.165) is 0 Å². The zero-order chi connectivity index (χ0) is 11.4. The Hall–Kier alpha value is 0.480. The third kappa shape index (κ3) is 9.05. The summed E-state index contributed by atoms with van der Waals surface area (Å²) >= 11 is 3.02. The molecule has 0 aliphatic heterocycles. The van der Waals surface area contributed by atoms with E-state index in [1.807, 2.05) is 0 Å². The van der Waals surface area contributed by atoms with Crippen LogP contribution in [0.25, 0.3) is 0 Å². The Bertz CT molecular complexity index is 303. The van der Waals surface area contributed by atoms with Gasteiger partial charge in [-0.3, -0.25) is 4.52 Å². The highest BCUT2D eigenvalue weighted by atomic mass is 79.9. The summed E-state index contributed by atoms with van der Waals surface area (Å²) in [6, 6.07) is 0. The van der Waals surface area contributed by atoms with Gasteiger partial charge in [0, 0.05) is 0 Å². The Morgan fingerprint density at radius 1 is 1.43 bits per heavy atom. The van der Waals surface area contributed by atoms with Gasteiger partial charge in [-0.2, -0.15) is 4.31 Å². The number of hydrogen-bond donors (Lipinski definition) is 3. The molecule has 0 aliphatic rings. The molecule has 0 aliphatic carbocycles. The number of phosphoric ester groups is 1. The summed E-state index contributed by atoms with van der Waals surface area (Å²) in [5, 5.41) is 0. The normalized spacial score (nSPS) is 17.9. The van der Waals surface area contributed by atoms with Crippen molar-refractivity contribution in [3.05, 3.63) is 10.6 Å². The van der Waals surface area contributed by atoms with Crippen LogP contribution in [0, 0.1) is 0 Å². The van der Waals surface area contributed by atoms with E-state index in [9.17, 15) is 9.13 Å². The van der Waals surface area contributed by atoms with Crippen LogP contribution >= 0.6 is 31.6 Å². The first kappa shape index (κ1) is 14.5. The van der Waals surface area contributed by atoms with E-state index in [2.05, 4.69) is 24.8 Å². The van der Waals surface area contributed by atoms with Crippen molar-refractivity contribution in [2.45, 2.75) is 6.92 Å². The third-order valence-corrected chi connectivity index (χ3v) is 3.29. The van der Waals surface area contributed by atoms with Crippen LogP contribution in [-0.2, 0) is 18.0 Å². The Morgan fingerprint density at radius 2 is 1.93 bits per heavy atom. The fourth-order valence-corrected chi connectivity index (χ4v) is 2.06. The Morgan fingerprint density at radius 3 is 2.29 bits per heavy atom. The summed E-state index contributed by atoms with van der Waals surface area (Å²) in [5.74, 6) is 0. The maximum absolute atomic E-state index is 10.8. The van der Waals surface area contributed by atoms with Crippen molar-refractivity contribution in [2.75, 3.05) is 6.61 Å². The molecule has 0 saturated carbocycles. The summed E-state index contributed by atoms with van der Waals surface area (Å²) in [5.41, 5.74) is 0. The second kappa shape index (κ2) is 5.53. The monoisotopic (exact) mass is 310 g/mol. The number of phosphoric acid groups is 2. The quantitative estimate of drug-likeness (QED) is 0.659. The number of halogens is 1. The van der Waals surface area contributed by atoms with Gasteiger partial charge < -0.3 is 14.7 Å². The van der Waals surface area contributed by atoms with Gasteiger partial charge in [0.15, 0.2) is 0 Å². The number of hydrogen-bond acceptors (Lipinski definition) is 4. The highest BCUT2D eigenvalue weighted by molar-refractivity contribution is 9.11. The van der Waals surface area contributed by atoms with E-state index in [4.69, 9.17) is 14.7 Å². The van der Waals surface area contributed by atoms with Crippen LogP contribution < -0.4 is 0 Å². The van der Waals surface area contributed by atoms with Gasteiger partial charge in [-0.25, -0.2) is 9.13 Å². The van der Waals surface area contributed by atoms with Gasteiger partial charge in [0.1, 0.15) is 0 Å². The first-order chi connectivity index (χ1) is 6.12. The fourth-order valence-electron chi connectivity index (χ4n) is 0.404. The maximum atomic E-state index is 10.8. The third-order valence-electron chi connectivity index (χ3n) is 0.812. The molecule has 3 N–H and O–H groups in total. The van der Waals surface area contributed by atoms with Gasteiger partial charge in [-0.15, -0.1) is 0 Å². The van der Waals surface area contributed by atoms with Gasteiger partial charge in [-0.1, -0.05) is 15.9 Å². The highest BCUT2D eigenvalue weighted by Crippen LogP contribution is 2.57. The molecule has 1 unspecified atom stereocenters. The van der Waals surface area contributed by atoms with Gasteiger partial charge in [-0.05, 0) is 17.5 Å². The molecular formula is C4H9BrO7P2. The summed E-state index contributed by atoms with van der Waals surface area (Å²) in [7, 11) is -9.72. The van der Waals surface area contributed by atoms with Crippen LogP contribution in [0.5, 0.6) is 0 Å². The van der Waals surface area contributed by atoms with Crippen LogP contribution in [0.1, 0.15) is 6.92 Å². The first-order valence-corrected chi connectivity index (χ1v) is 7.01. The molecule has 0 amide bonds. The van der Waals surface area contributed by atoms with Gasteiger partial charge in [0.25, 0.3) is 0 Å². The van der Waals surface area contributed by atoms with Crippen LogP contribution in [0.4, 0.5) is 0 Å². The molecule has 0 heterocycles. The van der Waals surface area contributed by atoms with Crippen LogP contribution in [-0.4, -0.2) is 21.3 Å². The molecule has 1 atom stereocenters. The van der Waals surface area contributed by atoms with E-state index in [1.165, 1.54) is 6.08 Å². The lowest BCUT2D eigenvalue weighted by atomic mass is 10.6.